The fourth-order valence-electron chi connectivity index (χ4n) is 2.61. The van der Waals surface area contributed by atoms with Crippen molar-refractivity contribution in [3.63, 3.8) is 0 Å². The second-order valence-corrected chi connectivity index (χ2v) is 4.70. The molecule has 1 aliphatic rings. The third-order valence-corrected chi connectivity index (χ3v) is 3.50. The molecule has 0 saturated carbocycles. The number of hydroxylamine groups is 1. The molecule has 20 heavy (non-hydrogen) atoms. The zero-order valence-corrected chi connectivity index (χ0v) is 10.7. The number of rotatable bonds is 0. The second-order valence-electron chi connectivity index (χ2n) is 4.70. The molecule has 1 unspecified atom stereocenters. The molecule has 1 aliphatic heterocycles. The Kier molecular flexibility index (Phi) is 3.23. The first kappa shape index (κ1) is 12.8. The number of nitrogens with two attached hydrogens (primary N) is 1. The molecule has 0 aliphatic carbocycles. The lowest BCUT2D eigenvalue weighted by atomic mass is 10.0. The van der Waals surface area contributed by atoms with Crippen LogP contribution in [-0.2, 0) is 6.42 Å². The van der Waals surface area contributed by atoms with Gasteiger partial charge in [-0.2, -0.15) is 0 Å². The summed E-state index contributed by atoms with van der Waals surface area (Å²) in [5.41, 5.74) is 2.99. The highest BCUT2D eigenvalue weighted by Gasteiger charge is 2.30. The molecular formula is C15H14N2O3. The number of para-hydroxylation sites is 2. The molecule has 3 rings (SSSR count). The normalized spacial score (nSPS) is 17.1. The smallest absolute Gasteiger partial charge is 0.424 e. The molecule has 3 N–H and O–H groups in total. The minimum atomic E-state index is -0.697. The lowest BCUT2D eigenvalue weighted by Crippen LogP contribution is -2.85. The van der Waals surface area contributed by atoms with Crippen molar-refractivity contribution in [2.45, 2.75) is 12.5 Å². The highest BCUT2D eigenvalue weighted by molar-refractivity contribution is 5.96. The highest BCUT2D eigenvalue weighted by Crippen LogP contribution is 2.39. The molecule has 0 bridgehead atoms. The number of fused-ring (bicyclic) bond motifs is 2. The van der Waals surface area contributed by atoms with Gasteiger partial charge in [-0.15, -0.1) is 0 Å². The molecule has 0 aromatic heterocycles. The summed E-state index contributed by atoms with van der Waals surface area (Å²) >= 11 is 0. The Bertz CT molecular complexity index is 657. The number of hydrogen-bond donors (Lipinski definition) is 2. The number of benzene rings is 2. The number of carbonyl (C=O) groups is 1. The molecule has 2 aromatic carbocycles. The number of primary amides is 1. The minimum Gasteiger partial charge on any atom is -0.627 e. The van der Waals surface area contributed by atoms with E-state index in [9.17, 15) is 15.1 Å². The van der Waals surface area contributed by atoms with Gasteiger partial charge in [0, 0.05) is 12.0 Å². The van der Waals surface area contributed by atoms with E-state index in [0.29, 0.717) is 28.8 Å². The summed E-state index contributed by atoms with van der Waals surface area (Å²) in [4.78, 5) is 13.4. The van der Waals surface area contributed by atoms with Crippen LogP contribution >= 0.6 is 0 Å². The molecule has 0 fully saturated rings. The van der Waals surface area contributed by atoms with E-state index in [1.807, 2.05) is 24.3 Å². The summed E-state index contributed by atoms with van der Waals surface area (Å²) in [5, 5.41) is 21.3. The van der Waals surface area contributed by atoms with Crippen LogP contribution in [0.15, 0.2) is 48.5 Å². The minimum absolute atomic E-state index is 0.297. The number of quaternary nitrogens is 1. The molecule has 0 radical (unpaired) electrons. The van der Waals surface area contributed by atoms with Gasteiger partial charge < -0.3 is 10.3 Å². The van der Waals surface area contributed by atoms with Crippen molar-refractivity contribution in [2.24, 2.45) is 0 Å². The number of urea groups is 1. The summed E-state index contributed by atoms with van der Waals surface area (Å²) in [7, 11) is 0. The maximum atomic E-state index is 12.0. The van der Waals surface area contributed by atoms with Crippen LogP contribution < -0.4 is 10.4 Å². The van der Waals surface area contributed by atoms with Crippen LogP contribution in [0.1, 0.15) is 17.2 Å². The molecular weight excluding hydrogens is 256 g/mol. The number of nitrogens with zero attached hydrogens (tertiary/aromatic N) is 1. The summed E-state index contributed by atoms with van der Waals surface area (Å²) in [5.74, 6) is 0. The second kappa shape index (κ2) is 5.05. The summed E-state index contributed by atoms with van der Waals surface area (Å²) in [6, 6.07) is 13.8. The van der Waals surface area contributed by atoms with Crippen molar-refractivity contribution in [1.82, 2.24) is 0 Å². The standard InChI is InChI=1S/C15H14N2O3/c18-14-9-10-5-1-3-7-12(10)17(15(19)16-20)13-8-4-2-6-11(13)14/h1-8,14,18H,9,16H2. The topological polar surface area (TPSA) is 80.2 Å². The van der Waals surface area contributed by atoms with Gasteiger partial charge >= 0.3 is 6.03 Å². The molecule has 2 amide bonds. The molecule has 0 spiro atoms. The third kappa shape index (κ3) is 1.98. The molecule has 2 aromatic rings. The van der Waals surface area contributed by atoms with Crippen LogP contribution in [0.5, 0.6) is 0 Å². The van der Waals surface area contributed by atoms with E-state index < -0.39 is 12.1 Å². The molecule has 102 valence electrons. The zero-order valence-electron chi connectivity index (χ0n) is 10.7. The highest BCUT2D eigenvalue weighted by atomic mass is 16.5. The first-order valence-electron chi connectivity index (χ1n) is 6.36. The van der Waals surface area contributed by atoms with E-state index in [4.69, 9.17) is 0 Å². The van der Waals surface area contributed by atoms with E-state index in [-0.39, 0.29) is 0 Å². The van der Waals surface area contributed by atoms with E-state index in [1.54, 1.807) is 24.3 Å². The molecule has 1 heterocycles. The van der Waals surface area contributed by atoms with Gasteiger partial charge in [0.2, 0.25) is 0 Å². The van der Waals surface area contributed by atoms with Crippen molar-refractivity contribution < 1.29 is 15.4 Å². The maximum Gasteiger partial charge on any atom is 0.424 e. The lowest BCUT2D eigenvalue weighted by Gasteiger charge is -2.22. The maximum absolute atomic E-state index is 12.0. The van der Waals surface area contributed by atoms with Gasteiger partial charge in [-0.05, 0) is 17.7 Å². The van der Waals surface area contributed by atoms with Crippen LogP contribution in [0.25, 0.3) is 0 Å². The van der Waals surface area contributed by atoms with Crippen molar-refractivity contribution in [3.8, 4) is 0 Å². The Morgan fingerprint density at radius 1 is 1.15 bits per heavy atom. The summed E-state index contributed by atoms with van der Waals surface area (Å²) in [6.07, 6.45) is -0.285. The Hall–Kier alpha value is -2.21. The van der Waals surface area contributed by atoms with Crippen LogP contribution in [0.3, 0.4) is 0 Å². The number of carbonyl (C=O) groups excluding carboxylic acids is 1. The Labute approximate surface area is 116 Å². The first-order valence-corrected chi connectivity index (χ1v) is 6.36. The number of amides is 2. The quantitative estimate of drug-likeness (QED) is 0.713. The monoisotopic (exact) mass is 270 g/mol. The van der Waals surface area contributed by atoms with Crippen LogP contribution in [0.4, 0.5) is 16.2 Å². The zero-order chi connectivity index (χ0) is 14.1. The SMILES string of the molecule is O=C([NH2+][O-])N1c2ccccc2CC(O)c2ccccc21. The van der Waals surface area contributed by atoms with Crippen molar-refractivity contribution in [2.75, 3.05) is 4.90 Å². The fourth-order valence-corrected chi connectivity index (χ4v) is 2.61. The summed E-state index contributed by atoms with van der Waals surface area (Å²) < 4.78 is 0. The Morgan fingerprint density at radius 2 is 1.80 bits per heavy atom. The van der Waals surface area contributed by atoms with Gasteiger partial charge in [-0.25, -0.2) is 9.69 Å². The average Bonchev–Trinajstić information content (AvgIpc) is 2.61. The predicted octanol–water partition coefficient (Wildman–Crippen LogP) is 1.60. The van der Waals surface area contributed by atoms with Crippen LogP contribution in [0, 0.1) is 5.21 Å². The lowest BCUT2D eigenvalue weighted by molar-refractivity contribution is -0.479. The summed E-state index contributed by atoms with van der Waals surface area (Å²) in [6.45, 7) is 0. The molecule has 1 atom stereocenters. The van der Waals surface area contributed by atoms with Gasteiger partial charge in [0.1, 0.15) is 0 Å². The fraction of sp³-hybridized carbons (Fsp3) is 0.133. The van der Waals surface area contributed by atoms with E-state index >= 15 is 0 Å². The van der Waals surface area contributed by atoms with Gasteiger partial charge in [0.15, 0.2) is 0 Å². The van der Waals surface area contributed by atoms with Crippen molar-refractivity contribution in [3.05, 3.63) is 64.9 Å². The number of aliphatic hydroxyl groups is 1. The van der Waals surface area contributed by atoms with Gasteiger partial charge in [-0.1, -0.05) is 36.4 Å². The van der Waals surface area contributed by atoms with E-state index in [2.05, 4.69) is 0 Å². The van der Waals surface area contributed by atoms with Gasteiger partial charge in [0.05, 0.1) is 17.5 Å². The Balaban J connectivity index is 2.26. The van der Waals surface area contributed by atoms with E-state index in [0.717, 1.165) is 5.56 Å². The third-order valence-electron chi connectivity index (χ3n) is 3.50. The van der Waals surface area contributed by atoms with Crippen LogP contribution in [0.2, 0.25) is 0 Å². The largest absolute Gasteiger partial charge is 0.627 e. The van der Waals surface area contributed by atoms with Gasteiger partial charge in [0.25, 0.3) is 0 Å². The van der Waals surface area contributed by atoms with Crippen molar-refractivity contribution in [1.29, 1.82) is 0 Å². The molecule has 0 saturated heterocycles. The number of aliphatic hydroxyl groups excluding tert-OH is 1. The number of hydrogen-bond acceptors (Lipinski definition) is 3. The Morgan fingerprint density at radius 3 is 2.55 bits per heavy atom. The number of anilines is 2. The molecule has 5 heteroatoms. The van der Waals surface area contributed by atoms with Crippen LogP contribution in [-0.4, -0.2) is 11.1 Å². The van der Waals surface area contributed by atoms with E-state index in [1.165, 1.54) is 4.90 Å². The van der Waals surface area contributed by atoms with Crippen molar-refractivity contribution >= 4 is 17.4 Å². The molecule has 5 nitrogen and oxygen atoms in total. The average molecular weight is 270 g/mol. The predicted molar refractivity (Wildman–Crippen MR) is 74.4 cm³/mol. The van der Waals surface area contributed by atoms with Gasteiger partial charge in [-0.3, -0.25) is 5.48 Å². The first-order chi connectivity index (χ1) is 9.72.